The summed E-state index contributed by atoms with van der Waals surface area (Å²) in [4.78, 5) is 21.7. The average Bonchev–Trinajstić information content (AvgIpc) is 3.23. The van der Waals surface area contributed by atoms with Gasteiger partial charge in [0.1, 0.15) is 10.8 Å². The quantitative estimate of drug-likeness (QED) is 0.299. The second kappa shape index (κ2) is 11.3. The van der Waals surface area contributed by atoms with Crippen molar-refractivity contribution >= 4 is 51.4 Å². The van der Waals surface area contributed by atoms with Crippen LogP contribution in [-0.2, 0) is 12.8 Å². The SMILES string of the molecule is CCN(CC)c1ccc(C=Nc2sc3c(c2C(=O)Nc2ccc(Cl)cc2)CC[C@@H](C(C)(C)C)C3)c(O)c1. The van der Waals surface area contributed by atoms with Crippen LogP contribution in [0, 0.1) is 11.3 Å². The van der Waals surface area contributed by atoms with Gasteiger partial charge in [-0.15, -0.1) is 11.3 Å². The molecule has 1 aromatic heterocycles. The molecule has 0 radical (unpaired) electrons. The summed E-state index contributed by atoms with van der Waals surface area (Å²) < 4.78 is 0. The number of carbonyl (C=O) groups is 1. The number of aliphatic imine (C=N–C) groups is 1. The van der Waals surface area contributed by atoms with Gasteiger partial charge in [0, 0.05) is 52.2 Å². The van der Waals surface area contributed by atoms with Crippen LogP contribution in [0.2, 0.25) is 5.02 Å². The van der Waals surface area contributed by atoms with E-state index in [2.05, 4.69) is 44.8 Å². The van der Waals surface area contributed by atoms with E-state index in [0.717, 1.165) is 43.6 Å². The minimum atomic E-state index is -0.165. The monoisotopic (exact) mass is 537 g/mol. The molecule has 4 rings (SSSR count). The fourth-order valence-electron chi connectivity index (χ4n) is 4.92. The molecule has 0 unspecified atom stereocenters. The normalized spacial score (nSPS) is 15.6. The Morgan fingerprint density at radius 2 is 1.89 bits per heavy atom. The first-order valence-corrected chi connectivity index (χ1v) is 14.1. The zero-order valence-corrected chi connectivity index (χ0v) is 23.8. The summed E-state index contributed by atoms with van der Waals surface area (Å²) in [5, 5.41) is 15.0. The molecule has 1 aliphatic carbocycles. The molecule has 0 spiro atoms. The lowest BCUT2D eigenvalue weighted by Crippen LogP contribution is -2.27. The van der Waals surface area contributed by atoms with Crippen molar-refractivity contribution in [1.82, 2.24) is 0 Å². The highest BCUT2D eigenvalue weighted by Gasteiger charge is 2.33. The number of anilines is 2. The third-order valence-corrected chi connectivity index (χ3v) is 8.68. The summed E-state index contributed by atoms with van der Waals surface area (Å²) >= 11 is 7.61. The molecule has 1 aliphatic rings. The first kappa shape index (κ1) is 27.2. The zero-order chi connectivity index (χ0) is 26.7. The van der Waals surface area contributed by atoms with Crippen molar-refractivity contribution in [3.8, 4) is 5.75 Å². The number of phenolic OH excluding ortho intramolecular Hbond substituents is 1. The van der Waals surface area contributed by atoms with Crippen molar-refractivity contribution in [3.63, 3.8) is 0 Å². The van der Waals surface area contributed by atoms with E-state index in [0.29, 0.717) is 32.8 Å². The molecule has 0 fully saturated rings. The maximum atomic E-state index is 13.5. The van der Waals surface area contributed by atoms with E-state index in [-0.39, 0.29) is 17.1 Å². The topological polar surface area (TPSA) is 64.9 Å². The van der Waals surface area contributed by atoms with Crippen molar-refractivity contribution < 1.29 is 9.90 Å². The molecule has 5 nitrogen and oxygen atoms in total. The van der Waals surface area contributed by atoms with E-state index < -0.39 is 0 Å². The van der Waals surface area contributed by atoms with Crippen molar-refractivity contribution in [3.05, 3.63) is 69.1 Å². The Hall–Kier alpha value is -2.83. The number of rotatable bonds is 7. The van der Waals surface area contributed by atoms with Crippen LogP contribution < -0.4 is 10.2 Å². The van der Waals surface area contributed by atoms with Gasteiger partial charge in [-0.2, -0.15) is 0 Å². The minimum absolute atomic E-state index is 0.165. The predicted octanol–water partition coefficient (Wildman–Crippen LogP) is 8.11. The second-order valence-corrected chi connectivity index (χ2v) is 12.1. The highest BCUT2D eigenvalue weighted by Crippen LogP contribution is 2.45. The van der Waals surface area contributed by atoms with Gasteiger partial charge in [0.25, 0.3) is 5.91 Å². The van der Waals surface area contributed by atoms with Gasteiger partial charge in [-0.1, -0.05) is 32.4 Å². The Morgan fingerprint density at radius 3 is 2.51 bits per heavy atom. The maximum Gasteiger partial charge on any atom is 0.259 e. The van der Waals surface area contributed by atoms with E-state index in [1.165, 1.54) is 4.88 Å². The van der Waals surface area contributed by atoms with Crippen LogP contribution in [0.4, 0.5) is 16.4 Å². The smallest absolute Gasteiger partial charge is 0.259 e. The minimum Gasteiger partial charge on any atom is -0.507 e. The molecule has 196 valence electrons. The van der Waals surface area contributed by atoms with E-state index in [1.807, 2.05) is 12.1 Å². The molecule has 0 bridgehead atoms. The van der Waals surface area contributed by atoms with E-state index in [1.54, 1.807) is 47.9 Å². The molecule has 37 heavy (non-hydrogen) atoms. The number of thiophene rings is 1. The summed E-state index contributed by atoms with van der Waals surface area (Å²) in [6.45, 7) is 12.8. The van der Waals surface area contributed by atoms with Crippen LogP contribution in [0.15, 0.2) is 47.5 Å². The summed E-state index contributed by atoms with van der Waals surface area (Å²) in [5.41, 5.74) is 4.23. The zero-order valence-electron chi connectivity index (χ0n) is 22.3. The van der Waals surface area contributed by atoms with Crippen molar-refractivity contribution in [1.29, 1.82) is 0 Å². The number of phenols is 1. The van der Waals surface area contributed by atoms with E-state index in [4.69, 9.17) is 16.6 Å². The molecule has 0 aliphatic heterocycles. The largest absolute Gasteiger partial charge is 0.507 e. The molecule has 1 atom stereocenters. The first-order chi connectivity index (χ1) is 17.6. The lowest BCUT2D eigenvalue weighted by molar-refractivity contribution is 0.102. The third kappa shape index (κ3) is 6.19. The molecule has 0 saturated heterocycles. The Labute approximate surface area is 229 Å². The fraction of sp³-hybridized carbons (Fsp3) is 0.400. The van der Waals surface area contributed by atoms with Gasteiger partial charge in [-0.05, 0) is 86.4 Å². The van der Waals surface area contributed by atoms with Gasteiger partial charge >= 0.3 is 0 Å². The second-order valence-electron chi connectivity index (χ2n) is 10.6. The number of halogens is 1. The van der Waals surface area contributed by atoms with E-state index in [9.17, 15) is 9.90 Å². The van der Waals surface area contributed by atoms with Gasteiger partial charge in [-0.3, -0.25) is 4.79 Å². The van der Waals surface area contributed by atoms with Gasteiger partial charge < -0.3 is 15.3 Å². The summed E-state index contributed by atoms with van der Waals surface area (Å²) in [6, 6.07) is 12.8. The number of amides is 1. The van der Waals surface area contributed by atoms with Crippen LogP contribution >= 0.6 is 22.9 Å². The third-order valence-electron chi connectivity index (χ3n) is 7.26. The Bertz CT molecular complexity index is 1290. The van der Waals surface area contributed by atoms with Gasteiger partial charge in [-0.25, -0.2) is 4.99 Å². The molecule has 7 heteroatoms. The first-order valence-electron chi connectivity index (χ1n) is 12.9. The molecular weight excluding hydrogens is 502 g/mol. The van der Waals surface area contributed by atoms with Crippen LogP contribution in [-0.4, -0.2) is 30.3 Å². The van der Waals surface area contributed by atoms with Crippen LogP contribution in [0.5, 0.6) is 5.75 Å². The molecule has 1 amide bonds. The highest BCUT2D eigenvalue weighted by molar-refractivity contribution is 7.16. The predicted molar refractivity (Wildman–Crippen MR) is 158 cm³/mol. The maximum absolute atomic E-state index is 13.5. The number of hydrogen-bond donors (Lipinski definition) is 2. The van der Waals surface area contributed by atoms with Crippen LogP contribution in [0.3, 0.4) is 0 Å². The number of hydrogen-bond acceptors (Lipinski definition) is 5. The molecule has 0 saturated carbocycles. The Kier molecular flexibility index (Phi) is 8.29. The molecular formula is C30H36ClN3O2S. The van der Waals surface area contributed by atoms with Crippen molar-refractivity contribution in [2.45, 2.75) is 53.9 Å². The lowest BCUT2D eigenvalue weighted by atomic mass is 9.72. The van der Waals surface area contributed by atoms with Crippen molar-refractivity contribution in [2.24, 2.45) is 16.3 Å². The number of benzene rings is 2. The molecule has 3 aromatic rings. The number of nitrogens with zero attached hydrogens (tertiary/aromatic N) is 2. The van der Waals surface area contributed by atoms with Crippen LogP contribution in [0.25, 0.3) is 0 Å². The lowest BCUT2D eigenvalue weighted by Gasteiger charge is -2.33. The summed E-state index contributed by atoms with van der Waals surface area (Å²) in [5.74, 6) is 0.566. The highest BCUT2D eigenvalue weighted by atomic mass is 35.5. The fourth-order valence-corrected chi connectivity index (χ4v) is 6.31. The van der Waals surface area contributed by atoms with Gasteiger partial charge in [0.15, 0.2) is 0 Å². The van der Waals surface area contributed by atoms with Crippen LogP contribution in [0.1, 0.15) is 67.4 Å². The Balaban J connectivity index is 1.68. The molecule has 1 heterocycles. The number of fused-ring (bicyclic) bond motifs is 1. The number of nitrogens with one attached hydrogen (secondary N) is 1. The molecule has 2 aromatic carbocycles. The number of aromatic hydroxyl groups is 1. The van der Waals surface area contributed by atoms with Gasteiger partial charge in [0.05, 0.1) is 5.56 Å². The van der Waals surface area contributed by atoms with Gasteiger partial charge in [0.2, 0.25) is 0 Å². The molecule has 2 N–H and O–H groups in total. The average molecular weight is 538 g/mol. The van der Waals surface area contributed by atoms with E-state index >= 15 is 0 Å². The number of carbonyl (C=O) groups excluding carboxylic acids is 1. The standard InChI is InChI=1S/C30H36ClN3O2S/c1-6-34(7-2)23-14-8-19(25(35)17-23)18-32-29-27(28(36)33-22-12-10-21(31)11-13-22)24-15-9-20(30(3,4)5)16-26(24)37-29/h8,10-14,17-18,20,35H,6-7,9,15-16H2,1-5H3,(H,33,36)/t20-/m1/s1. The summed E-state index contributed by atoms with van der Waals surface area (Å²) in [7, 11) is 0. The Morgan fingerprint density at radius 1 is 1.19 bits per heavy atom. The van der Waals surface area contributed by atoms with Crippen molar-refractivity contribution in [2.75, 3.05) is 23.3 Å². The summed E-state index contributed by atoms with van der Waals surface area (Å²) in [6.07, 6.45) is 4.52.